The van der Waals surface area contributed by atoms with Gasteiger partial charge in [0.1, 0.15) is 0 Å². The summed E-state index contributed by atoms with van der Waals surface area (Å²) >= 11 is 0. The van der Waals surface area contributed by atoms with E-state index in [2.05, 4.69) is 60.7 Å². The topological polar surface area (TPSA) is 52.0 Å². The Balaban J connectivity index is 1.76. The van der Waals surface area contributed by atoms with Crippen molar-refractivity contribution in [2.24, 2.45) is 0 Å². The monoisotopic (exact) mass is 360 g/mol. The molecule has 0 atom stereocenters. The van der Waals surface area contributed by atoms with E-state index in [1.807, 2.05) is 36.4 Å². The molecular weight excluding hydrogens is 340 g/mol. The fourth-order valence-corrected chi connectivity index (χ4v) is 3.91. The zero-order valence-corrected chi connectivity index (χ0v) is 15.4. The average molecular weight is 360 g/mol. The van der Waals surface area contributed by atoms with Gasteiger partial charge in [-0.1, -0.05) is 84.9 Å². The number of hydrogen-bond acceptors (Lipinski definition) is 2. The SMILES string of the molecule is Nc1c2ccc(-c3ccccc3)cc2c(N)c2ccc(-c3ccccc3)cc12. The summed E-state index contributed by atoms with van der Waals surface area (Å²) in [7, 11) is 0. The van der Waals surface area contributed by atoms with Crippen LogP contribution in [-0.4, -0.2) is 0 Å². The highest BCUT2D eigenvalue weighted by Crippen LogP contribution is 2.40. The van der Waals surface area contributed by atoms with Gasteiger partial charge in [-0.05, 0) is 34.4 Å². The van der Waals surface area contributed by atoms with Crippen LogP contribution in [-0.2, 0) is 0 Å². The molecule has 0 amide bonds. The van der Waals surface area contributed by atoms with Gasteiger partial charge in [0.2, 0.25) is 0 Å². The number of nitrogen functional groups attached to an aromatic ring is 2. The highest BCUT2D eigenvalue weighted by molar-refractivity contribution is 6.19. The predicted octanol–water partition coefficient (Wildman–Crippen LogP) is 6.49. The third kappa shape index (κ3) is 2.58. The molecule has 5 rings (SSSR count). The highest BCUT2D eigenvalue weighted by atomic mass is 14.6. The van der Waals surface area contributed by atoms with Gasteiger partial charge in [0.05, 0.1) is 0 Å². The minimum Gasteiger partial charge on any atom is -0.398 e. The molecule has 4 N–H and O–H groups in total. The number of fused-ring (bicyclic) bond motifs is 2. The molecule has 2 nitrogen and oxygen atoms in total. The summed E-state index contributed by atoms with van der Waals surface area (Å²) in [6.45, 7) is 0. The van der Waals surface area contributed by atoms with Crippen molar-refractivity contribution in [1.29, 1.82) is 0 Å². The van der Waals surface area contributed by atoms with Crippen LogP contribution in [0.3, 0.4) is 0 Å². The van der Waals surface area contributed by atoms with Crippen molar-refractivity contribution >= 4 is 32.9 Å². The van der Waals surface area contributed by atoms with Gasteiger partial charge in [-0.15, -0.1) is 0 Å². The van der Waals surface area contributed by atoms with E-state index in [1.165, 1.54) is 11.1 Å². The Morgan fingerprint density at radius 2 is 0.750 bits per heavy atom. The van der Waals surface area contributed by atoms with Crippen LogP contribution in [0.2, 0.25) is 0 Å². The molecule has 0 aromatic heterocycles. The van der Waals surface area contributed by atoms with E-state index in [4.69, 9.17) is 11.5 Å². The molecule has 0 radical (unpaired) electrons. The van der Waals surface area contributed by atoms with E-state index >= 15 is 0 Å². The third-order valence-electron chi connectivity index (χ3n) is 5.41. The van der Waals surface area contributed by atoms with Gasteiger partial charge in [0.15, 0.2) is 0 Å². The molecular formula is C26H20N2. The highest BCUT2D eigenvalue weighted by Gasteiger charge is 2.12. The first-order valence-electron chi connectivity index (χ1n) is 9.37. The molecule has 28 heavy (non-hydrogen) atoms. The minimum atomic E-state index is 0.775. The molecule has 0 bridgehead atoms. The molecule has 0 heterocycles. The quantitative estimate of drug-likeness (QED) is 0.215. The second kappa shape index (κ2) is 6.43. The van der Waals surface area contributed by atoms with Crippen LogP contribution in [0.4, 0.5) is 11.4 Å². The largest absolute Gasteiger partial charge is 0.398 e. The fourth-order valence-electron chi connectivity index (χ4n) is 3.91. The van der Waals surface area contributed by atoms with Crippen LogP contribution in [0.15, 0.2) is 97.1 Å². The first-order valence-corrected chi connectivity index (χ1v) is 9.37. The molecule has 0 spiro atoms. The molecule has 5 aromatic carbocycles. The van der Waals surface area contributed by atoms with Crippen LogP contribution < -0.4 is 11.5 Å². The molecule has 0 aliphatic rings. The van der Waals surface area contributed by atoms with Gasteiger partial charge in [0, 0.05) is 32.9 Å². The first kappa shape index (κ1) is 16.4. The molecule has 0 aliphatic carbocycles. The zero-order chi connectivity index (χ0) is 19.1. The minimum absolute atomic E-state index is 0.775. The van der Waals surface area contributed by atoms with Crippen molar-refractivity contribution in [2.75, 3.05) is 11.5 Å². The smallest absolute Gasteiger partial charge is 0.0475 e. The maximum Gasteiger partial charge on any atom is 0.0475 e. The van der Waals surface area contributed by atoms with Crippen LogP contribution in [0.25, 0.3) is 43.8 Å². The van der Waals surface area contributed by atoms with Crippen LogP contribution in [0.5, 0.6) is 0 Å². The lowest BCUT2D eigenvalue weighted by Gasteiger charge is -2.14. The van der Waals surface area contributed by atoms with Crippen LogP contribution in [0.1, 0.15) is 0 Å². The Labute approximate surface area is 164 Å². The average Bonchev–Trinajstić information content (AvgIpc) is 2.78. The molecule has 5 aromatic rings. The van der Waals surface area contributed by atoms with Crippen molar-refractivity contribution in [3.8, 4) is 22.3 Å². The molecule has 134 valence electrons. The summed E-state index contributed by atoms with van der Waals surface area (Å²) in [6, 6.07) is 33.3. The van der Waals surface area contributed by atoms with E-state index in [0.717, 1.165) is 44.0 Å². The Bertz CT molecular complexity index is 1200. The molecule has 0 fully saturated rings. The van der Waals surface area contributed by atoms with E-state index < -0.39 is 0 Å². The second-order valence-corrected chi connectivity index (χ2v) is 7.08. The van der Waals surface area contributed by atoms with Gasteiger partial charge >= 0.3 is 0 Å². The van der Waals surface area contributed by atoms with Gasteiger partial charge in [0.25, 0.3) is 0 Å². The van der Waals surface area contributed by atoms with Crippen molar-refractivity contribution in [1.82, 2.24) is 0 Å². The Hall–Kier alpha value is -3.78. The first-order chi connectivity index (χ1) is 13.7. The molecule has 0 aliphatic heterocycles. The maximum absolute atomic E-state index is 6.60. The Kier molecular flexibility index (Phi) is 3.77. The molecule has 0 unspecified atom stereocenters. The van der Waals surface area contributed by atoms with E-state index in [9.17, 15) is 0 Å². The summed E-state index contributed by atoms with van der Waals surface area (Å²) in [5.74, 6) is 0. The third-order valence-corrected chi connectivity index (χ3v) is 5.41. The van der Waals surface area contributed by atoms with Gasteiger partial charge in [-0.3, -0.25) is 0 Å². The summed E-state index contributed by atoms with van der Waals surface area (Å²) in [6.07, 6.45) is 0. The van der Waals surface area contributed by atoms with Crippen molar-refractivity contribution in [2.45, 2.75) is 0 Å². The van der Waals surface area contributed by atoms with Gasteiger partial charge in [-0.25, -0.2) is 0 Å². The Morgan fingerprint density at radius 3 is 1.14 bits per heavy atom. The fraction of sp³-hybridized carbons (Fsp3) is 0. The maximum atomic E-state index is 6.60. The van der Waals surface area contributed by atoms with Gasteiger partial charge < -0.3 is 11.5 Å². The molecule has 2 heteroatoms. The predicted molar refractivity (Wildman–Crippen MR) is 121 cm³/mol. The lowest BCUT2D eigenvalue weighted by Crippen LogP contribution is -1.96. The standard InChI is InChI=1S/C26H20N2/c27-25-22-14-12-20(18-9-5-2-6-10-18)16-24(22)26(28)21-13-11-19(15-23(21)25)17-7-3-1-4-8-17/h1-16H,27-28H2. The van der Waals surface area contributed by atoms with Gasteiger partial charge in [-0.2, -0.15) is 0 Å². The second-order valence-electron chi connectivity index (χ2n) is 7.08. The number of hydrogen-bond donors (Lipinski definition) is 2. The molecule has 0 saturated heterocycles. The summed E-state index contributed by atoms with van der Waals surface area (Å²) in [5.41, 5.74) is 19.4. The number of anilines is 2. The molecule has 0 saturated carbocycles. The van der Waals surface area contributed by atoms with E-state index in [0.29, 0.717) is 0 Å². The van der Waals surface area contributed by atoms with E-state index in [1.54, 1.807) is 0 Å². The summed E-state index contributed by atoms with van der Waals surface area (Å²) in [5, 5.41) is 3.99. The van der Waals surface area contributed by atoms with Crippen molar-refractivity contribution < 1.29 is 0 Å². The van der Waals surface area contributed by atoms with E-state index in [-0.39, 0.29) is 0 Å². The summed E-state index contributed by atoms with van der Waals surface area (Å²) in [4.78, 5) is 0. The lowest BCUT2D eigenvalue weighted by atomic mass is 9.93. The number of nitrogens with two attached hydrogens (primary N) is 2. The zero-order valence-electron chi connectivity index (χ0n) is 15.4. The summed E-state index contributed by atoms with van der Waals surface area (Å²) < 4.78 is 0. The lowest BCUT2D eigenvalue weighted by molar-refractivity contribution is 1.64. The number of benzene rings is 5. The van der Waals surface area contributed by atoms with Crippen LogP contribution in [0, 0.1) is 0 Å². The van der Waals surface area contributed by atoms with Crippen molar-refractivity contribution in [3.05, 3.63) is 97.1 Å². The van der Waals surface area contributed by atoms with Crippen molar-refractivity contribution in [3.63, 3.8) is 0 Å². The van der Waals surface area contributed by atoms with Crippen LogP contribution >= 0.6 is 0 Å². The number of rotatable bonds is 2. The normalized spacial score (nSPS) is 11.1. The Morgan fingerprint density at radius 1 is 0.357 bits per heavy atom.